The maximum atomic E-state index is 11.5. The zero-order chi connectivity index (χ0) is 17.6. The highest BCUT2D eigenvalue weighted by Gasteiger charge is 2.10. The van der Waals surface area contributed by atoms with Gasteiger partial charge in [-0.15, -0.1) is 0 Å². The van der Waals surface area contributed by atoms with Crippen LogP contribution >= 0.6 is 0 Å². The van der Waals surface area contributed by atoms with Crippen molar-refractivity contribution in [2.24, 2.45) is 0 Å². The molecule has 0 aliphatic rings. The number of rotatable bonds is 5. The number of pyridine rings is 1. The third-order valence-electron chi connectivity index (χ3n) is 3.61. The van der Waals surface area contributed by atoms with E-state index in [9.17, 15) is 9.90 Å². The topological polar surface area (TPSA) is 83.2 Å². The Morgan fingerprint density at radius 3 is 2.72 bits per heavy atom. The molecule has 5 nitrogen and oxygen atoms in total. The van der Waals surface area contributed by atoms with E-state index >= 15 is 0 Å². The number of aromatic nitrogens is 1. The number of ether oxygens (including phenoxy) is 1. The number of hydrogen-bond donors (Lipinski definition) is 1. The molecule has 0 unspecified atom stereocenters. The predicted molar refractivity (Wildman–Crippen MR) is 95.2 cm³/mol. The van der Waals surface area contributed by atoms with Crippen LogP contribution in [0.3, 0.4) is 0 Å². The summed E-state index contributed by atoms with van der Waals surface area (Å²) in [4.78, 5) is 16.0. The van der Waals surface area contributed by atoms with Gasteiger partial charge in [0.2, 0.25) is 0 Å². The second kappa shape index (κ2) is 7.28. The molecule has 0 atom stereocenters. The lowest BCUT2D eigenvalue weighted by molar-refractivity contribution is 0.0699. The fraction of sp³-hybridized carbons (Fsp3) is 0.0500. The number of fused-ring (bicyclic) bond motifs is 1. The molecule has 5 heteroatoms. The third-order valence-corrected chi connectivity index (χ3v) is 3.61. The van der Waals surface area contributed by atoms with E-state index in [1.807, 2.05) is 30.3 Å². The quantitative estimate of drug-likeness (QED) is 0.764. The largest absolute Gasteiger partial charge is 0.478 e. The van der Waals surface area contributed by atoms with Gasteiger partial charge in [0.05, 0.1) is 16.8 Å². The van der Waals surface area contributed by atoms with Crippen LogP contribution in [0, 0.1) is 11.3 Å². The maximum Gasteiger partial charge on any atom is 0.336 e. The monoisotopic (exact) mass is 330 g/mol. The van der Waals surface area contributed by atoms with Gasteiger partial charge in [-0.2, -0.15) is 5.26 Å². The molecule has 0 spiro atoms. The van der Waals surface area contributed by atoms with E-state index in [2.05, 4.69) is 4.98 Å². The average molecular weight is 330 g/mol. The fourth-order valence-electron chi connectivity index (χ4n) is 2.49. The van der Waals surface area contributed by atoms with E-state index in [-0.39, 0.29) is 12.2 Å². The van der Waals surface area contributed by atoms with Crippen LogP contribution in [0.1, 0.15) is 21.6 Å². The smallest absolute Gasteiger partial charge is 0.336 e. The molecule has 122 valence electrons. The van der Waals surface area contributed by atoms with Gasteiger partial charge >= 0.3 is 5.97 Å². The molecule has 1 heterocycles. The van der Waals surface area contributed by atoms with Crippen molar-refractivity contribution in [2.45, 2.75) is 0 Å². The van der Waals surface area contributed by atoms with E-state index < -0.39 is 5.97 Å². The normalized spacial score (nSPS) is 10.7. The summed E-state index contributed by atoms with van der Waals surface area (Å²) in [7, 11) is 0. The van der Waals surface area contributed by atoms with Crippen molar-refractivity contribution in [3.8, 4) is 11.8 Å². The zero-order valence-corrected chi connectivity index (χ0v) is 13.2. The van der Waals surface area contributed by atoms with Gasteiger partial charge in [-0.25, -0.2) is 9.78 Å². The van der Waals surface area contributed by atoms with Crippen molar-refractivity contribution in [3.05, 3.63) is 71.4 Å². The van der Waals surface area contributed by atoms with Crippen molar-refractivity contribution >= 4 is 29.0 Å². The van der Waals surface area contributed by atoms with Crippen LogP contribution in [0.25, 0.3) is 23.1 Å². The summed E-state index contributed by atoms with van der Waals surface area (Å²) in [6, 6.07) is 17.9. The summed E-state index contributed by atoms with van der Waals surface area (Å²) in [6.45, 7) is -0.0394. The van der Waals surface area contributed by atoms with Crippen LogP contribution in [0.5, 0.6) is 5.75 Å². The van der Waals surface area contributed by atoms with Crippen molar-refractivity contribution < 1.29 is 14.6 Å². The number of nitrogens with zero attached hydrogens (tertiary/aromatic N) is 2. The minimum Gasteiger partial charge on any atom is -0.478 e. The highest BCUT2D eigenvalue weighted by molar-refractivity contribution is 6.03. The number of nitriles is 1. The standard InChI is InChI=1S/C20H14N2O3/c21-11-12-25-19-8-4-1-5-14(19)9-10-15-13-17(20(23)24)16-6-2-3-7-18(16)22-15/h1-10,13H,12H2,(H,23,24). The van der Waals surface area contributed by atoms with Gasteiger partial charge < -0.3 is 9.84 Å². The second-order valence-corrected chi connectivity index (χ2v) is 5.23. The van der Waals surface area contributed by atoms with Gasteiger partial charge in [-0.05, 0) is 30.4 Å². The molecular weight excluding hydrogens is 316 g/mol. The highest BCUT2D eigenvalue weighted by Crippen LogP contribution is 2.22. The lowest BCUT2D eigenvalue weighted by atomic mass is 10.1. The van der Waals surface area contributed by atoms with Gasteiger partial charge in [0.15, 0.2) is 6.61 Å². The second-order valence-electron chi connectivity index (χ2n) is 5.23. The Morgan fingerprint density at radius 1 is 1.16 bits per heavy atom. The van der Waals surface area contributed by atoms with Gasteiger partial charge in [0.1, 0.15) is 11.8 Å². The van der Waals surface area contributed by atoms with E-state index in [1.54, 1.807) is 42.5 Å². The number of hydrogen-bond acceptors (Lipinski definition) is 4. The molecule has 3 aromatic rings. The molecule has 1 N–H and O–H groups in total. The summed E-state index contributed by atoms with van der Waals surface area (Å²) >= 11 is 0. The Hall–Kier alpha value is -3.65. The molecule has 25 heavy (non-hydrogen) atoms. The number of para-hydroxylation sites is 2. The SMILES string of the molecule is N#CCOc1ccccc1C=Cc1cc(C(=O)O)c2ccccc2n1. The van der Waals surface area contributed by atoms with E-state index in [4.69, 9.17) is 10.00 Å². The first kappa shape index (κ1) is 16.2. The molecule has 0 radical (unpaired) electrons. The maximum absolute atomic E-state index is 11.5. The summed E-state index contributed by atoms with van der Waals surface area (Å²) in [5, 5.41) is 18.7. The fourth-order valence-corrected chi connectivity index (χ4v) is 2.49. The summed E-state index contributed by atoms with van der Waals surface area (Å²) < 4.78 is 5.38. The summed E-state index contributed by atoms with van der Waals surface area (Å²) in [5.74, 6) is -0.412. The molecule has 0 aliphatic carbocycles. The number of carboxylic acid groups (broad SMARTS) is 1. The molecule has 2 aromatic carbocycles. The number of benzene rings is 2. The van der Waals surface area contributed by atoms with Crippen molar-refractivity contribution in [2.75, 3.05) is 6.61 Å². The number of carbonyl (C=O) groups is 1. The molecule has 0 saturated heterocycles. The first-order valence-corrected chi connectivity index (χ1v) is 7.59. The molecule has 0 amide bonds. The molecular formula is C20H14N2O3. The lowest BCUT2D eigenvalue weighted by Gasteiger charge is -2.06. The van der Waals surface area contributed by atoms with E-state index in [1.165, 1.54) is 0 Å². The highest BCUT2D eigenvalue weighted by atomic mass is 16.5. The van der Waals surface area contributed by atoms with Gasteiger partial charge in [-0.3, -0.25) is 0 Å². The first-order valence-electron chi connectivity index (χ1n) is 7.59. The molecule has 1 aromatic heterocycles. The van der Waals surface area contributed by atoms with Crippen molar-refractivity contribution in [1.29, 1.82) is 5.26 Å². The minimum absolute atomic E-state index is 0.0394. The number of aromatic carboxylic acids is 1. The Morgan fingerprint density at radius 2 is 1.92 bits per heavy atom. The van der Waals surface area contributed by atoms with Crippen LogP contribution in [-0.2, 0) is 0 Å². The van der Waals surface area contributed by atoms with Gasteiger partial charge in [0, 0.05) is 10.9 Å². The Balaban J connectivity index is 2.00. The molecule has 0 fully saturated rings. The van der Waals surface area contributed by atoms with Crippen molar-refractivity contribution in [3.63, 3.8) is 0 Å². The van der Waals surface area contributed by atoms with E-state index in [0.717, 1.165) is 5.56 Å². The van der Waals surface area contributed by atoms with Crippen LogP contribution in [0.15, 0.2) is 54.6 Å². The summed E-state index contributed by atoms with van der Waals surface area (Å²) in [6.07, 6.45) is 3.52. The van der Waals surface area contributed by atoms with Gasteiger partial charge in [-0.1, -0.05) is 36.4 Å². The Bertz CT molecular complexity index is 1000. The summed E-state index contributed by atoms with van der Waals surface area (Å²) in [5.41, 5.74) is 2.14. The minimum atomic E-state index is -0.994. The first-order chi connectivity index (χ1) is 12.2. The van der Waals surface area contributed by atoms with Crippen LogP contribution in [0.2, 0.25) is 0 Å². The van der Waals surface area contributed by atoms with Crippen LogP contribution in [-0.4, -0.2) is 22.7 Å². The molecule has 3 rings (SSSR count). The molecule has 0 bridgehead atoms. The van der Waals surface area contributed by atoms with Gasteiger partial charge in [0.25, 0.3) is 0 Å². The van der Waals surface area contributed by atoms with Crippen LogP contribution in [0.4, 0.5) is 0 Å². The molecule has 0 saturated carbocycles. The third kappa shape index (κ3) is 3.65. The number of carboxylic acids is 1. The van der Waals surface area contributed by atoms with Crippen LogP contribution < -0.4 is 4.74 Å². The predicted octanol–water partition coefficient (Wildman–Crippen LogP) is 4.01. The lowest BCUT2D eigenvalue weighted by Crippen LogP contribution is -2.00. The molecule has 0 aliphatic heterocycles. The Labute approximate surface area is 144 Å². The average Bonchev–Trinajstić information content (AvgIpc) is 2.64. The zero-order valence-electron chi connectivity index (χ0n) is 13.2. The van der Waals surface area contributed by atoms with E-state index in [0.29, 0.717) is 22.3 Å². The Kier molecular flexibility index (Phi) is 4.72. The van der Waals surface area contributed by atoms with Crippen molar-refractivity contribution in [1.82, 2.24) is 4.98 Å².